The molecule has 0 radical (unpaired) electrons. The summed E-state index contributed by atoms with van der Waals surface area (Å²) in [6.45, 7) is 1.39. The van der Waals surface area contributed by atoms with Crippen molar-refractivity contribution in [2.45, 2.75) is 18.2 Å². The van der Waals surface area contributed by atoms with E-state index in [-0.39, 0.29) is 10.6 Å². The molecule has 0 aliphatic rings. The molecular weight excluding hydrogens is 246 g/mol. The predicted octanol–water partition coefficient (Wildman–Crippen LogP) is 0.360. The smallest absolute Gasteiger partial charge is 0.298 e. The molecule has 0 aliphatic carbocycles. The molecule has 17 heavy (non-hydrogen) atoms. The number of benzene rings is 1. The zero-order valence-electron chi connectivity index (χ0n) is 9.21. The van der Waals surface area contributed by atoms with Crippen LogP contribution in [0, 0.1) is 0 Å². The number of hydrogen-bond acceptors (Lipinski definition) is 4. The van der Waals surface area contributed by atoms with Crippen LogP contribution in [-0.2, 0) is 21.3 Å². The first-order valence-corrected chi connectivity index (χ1v) is 6.30. The summed E-state index contributed by atoms with van der Waals surface area (Å²) in [6, 6.07) is 4.32. The molecule has 1 rings (SSSR count). The van der Waals surface area contributed by atoms with Crippen molar-refractivity contribution in [3.63, 3.8) is 0 Å². The molecule has 0 fully saturated rings. The van der Waals surface area contributed by atoms with Crippen LogP contribution in [-0.4, -0.2) is 25.5 Å². The van der Waals surface area contributed by atoms with E-state index in [0.717, 1.165) is 5.56 Å². The number of aryl methyl sites for hydroxylation is 1. The van der Waals surface area contributed by atoms with E-state index in [4.69, 9.17) is 15.0 Å². The molecule has 0 saturated carbocycles. The highest BCUT2D eigenvalue weighted by atomic mass is 32.2. The Labute approximate surface area is 99.1 Å². The van der Waals surface area contributed by atoms with Crippen LogP contribution in [0.1, 0.15) is 12.5 Å². The van der Waals surface area contributed by atoms with Crippen LogP contribution in [0.25, 0.3) is 0 Å². The van der Waals surface area contributed by atoms with E-state index < -0.39 is 22.6 Å². The monoisotopic (exact) mass is 259 g/mol. The van der Waals surface area contributed by atoms with E-state index in [9.17, 15) is 13.2 Å². The topological polar surface area (TPSA) is 107 Å². The molecule has 7 heteroatoms. The second-order valence-electron chi connectivity index (χ2n) is 3.36. The first-order chi connectivity index (χ1) is 7.84. The molecule has 1 aromatic carbocycles. The number of amides is 1. The lowest BCUT2D eigenvalue weighted by molar-refractivity contribution is -0.120. The van der Waals surface area contributed by atoms with Crippen LogP contribution in [0.4, 0.5) is 0 Å². The maximum Gasteiger partial charge on any atom is 0.298 e. The largest absolute Gasteiger partial charge is 0.482 e. The van der Waals surface area contributed by atoms with E-state index in [1.54, 1.807) is 6.07 Å². The van der Waals surface area contributed by atoms with Gasteiger partial charge >= 0.3 is 0 Å². The third-order valence-corrected chi connectivity index (χ3v) is 2.94. The summed E-state index contributed by atoms with van der Waals surface area (Å²) in [6.07, 6.45) is 0.610. The summed E-state index contributed by atoms with van der Waals surface area (Å²) in [4.78, 5) is 10.2. The lowest BCUT2D eigenvalue weighted by Gasteiger charge is -2.09. The van der Waals surface area contributed by atoms with Crippen molar-refractivity contribution < 1.29 is 22.5 Å². The summed E-state index contributed by atoms with van der Waals surface area (Å²) in [5.41, 5.74) is 5.61. The molecule has 1 aromatic rings. The molecule has 94 valence electrons. The van der Waals surface area contributed by atoms with Crippen LogP contribution in [0.3, 0.4) is 0 Å². The van der Waals surface area contributed by atoms with E-state index in [2.05, 4.69) is 0 Å². The summed E-state index contributed by atoms with van der Waals surface area (Å²) >= 11 is 0. The van der Waals surface area contributed by atoms with Gasteiger partial charge in [-0.15, -0.1) is 0 Å². The molecule has 0 aliphatic heterocycles. The van der Waals surface area contributed by atoms with Crippen LogP contribution >= 0.6 is 0 Å². The average Bonchev–Trinajstić information content (AvgIpc) is 2.24. The third-order valence-electron chi connectivity index (χ3n) is 2.06. The van der Waals surface area contributed by atoms with Gasteiger partial charge in [0.15, 0.2) is 6.61 Å². The minimum Gasteiger partial charge on any atom is -0.482 e. The lowest BCUT2D eigenvalue weighted by Crippen LogP contribution is -2.20. The molecule has 0 saturated heterocycles. The van der Waals surface area contributed by atoms with Crippen LogP contribution in [0.15, 0.2) is 23.1 Å². The van der Waals surface area contributed by atoms with Gasteiger partial charge in [-0.25, -0.2) is 0 Å². The Kier molecular flexibility index (Phi) is 4.08. The zero-order chi connectivity index (χ0) is 13.1. The van der Waals surface area contributed by atoms with Gasteiger partial charge in [0.2, 0.25) is 0 Å². The standard InChI is InChI=1S/C10H13NO5S/c1-2-7-3-4-8(16-6-10(11)12)9(5-7)17(13,14)15/h3-5H,2,6H2,1H3,(H2,11,12)(H,13,14,15). The number of rotatable bonds is 5. The summed E-state index contributed by atoms with van der Waals surface area (Å²) in [7, 11) is -4.39. The Morgan fingerprint density at radius 2 is 2.12 bits per heavy atom. The number of carbonyl (C=O) groups excluding carboxylic acids is 1. The van der Waals surface area contributed by atoms with Crippen molar-refractivity contribution in [2.75, 3.05) is 6.61 Å². The second-order valence-corrected chi connectivity index (χ2v) is 4.75. The summed E-state index contributed by atoms with van der Waals surface area (Å²) < 4.78 is 36.2. The summed E-state index contributed by atoms with van der Waals surface area (Å²) in [5, 5.41) is 0. The van der Waals surface area contributed by atoms with Crippen LogP contribution in [0.5, 0.6) is 5.75 Å². The van der Waals surface area contributed by atoms with Crippen molar-refractivity contribution in [3.8, 4) is 5.75 Å². The number of primary amides is 1. The Morgan fingerprint density at radius 1 is 1.47 bits per heavy atom. The quantitative estimate of drug-likeness (QED) is 0.742. The molecule has 0 spiro atoms. The van der Waals surface area contributed by atoms with Gasteiger partial charge in [0.1, 0.15) is 10.6 Å². The average molecular weight is 259 g/mol. The molecule has 0 unspecified atom stereocenters. The molecule has 3 N–H and O–H groups in total. The second kappa shape index (κ2) is 5.15. The summed E-state index contributed by atoms with van der Waals surface area (Å²) in [5.74, 6) is -0.825. The highest BCUT2D eigenvalue weighted by Crippen LogP contribution is 2.25. The fourth-order valence-electron chi connectivity index (χ4n) is 1.24. The van der Waals surface area contributed by atoms with Gasteiger partial charge in [0, 0.05) is 0 Å². The number of ether oxygens (including phenoxy) is 1. The minimum absolute atomic E-state index is 0.0940. The van der Waals surface area contributed by atoms with Gasteiger partial charge < -0.3 is 10.5 Å². The number of carbonyl (C=O) groups is 1. The number of nitrogens with two attached hydrogens (primary N) is 1. The first kappa shape index (κ1) is 13.5. The van der Waals surface area contributed by atoms with Gasteiger partial charge in [-0.3, -0.25) is 9.35 Å². The van der Waals surface area contributed by atoms with E-state index in [1.807, 2.05) is 6.92 Å². The van der Waals surface area contributed by atoms with E-state index >= 15 is 0 Å². The molecule has 0 atom stereocenters. The zero-order valence-corrected chi connectivity index (χ0v) is 10.0. The third kappa shape index (κ3) is 3.72. The maximum absolute atomic E-state index is 11.1. The van der Waals surface area contributed by atoms with E-state index in [0.29, 0.717) is 6.42 Å². The molecule has 0 heterocycles. The van der Waals surface area contributed by atoms with Gasteiger partial charge in [-0.2, -0.15) is 8.42 Å². The van der Waals surface area contributed by atoms with Crippen molar-refractivity contribution >= 4 is 16.0 Å². The molecule has 0 bridgehead atoms. The van der Waals surface area contributed by atoms with E-state index in [1.165, 1.54) is 12.1 Å². The molecule has 0 aromatic heterocycles. The Balaban J connectivity index is 3.16. The fraction of sp³-hybridized carbons (Fsp3) is 0.300. The lowest BCUT2D eigenvalue weighted by atomic mass is 10.2. The predicted molar refractivity (Wildman–Crippen MR) is 60.3 cm³/mol. The maximum atomic E-state index is 11.1. The number of hydrogen-bond donors (Lipinski definition) is 2. The van der Waals surface area contributed by atoms with Crippen molar-refractivity contribution in [1.29, 1.82) is 0 Å². The van der Waals surface area contributed by atoms with Crippen molar-refractivity contribution in [1.82, 2.24) is 0 Å². The first-order valence-electron chi connectivity index (χ1n) is 4.86. The molecule has 1 amide bonds. The van der Waals surface area contributed by atoms with Crippen LogP contribution < -0.4 is 10.5 Å². The highest BCUT2D eigenvalue weighted by Gasteiger charge is 2.17. The van der Waals surface area contributed by atoms with Crippen molar-refractivity contribution in [2.24, 2.45) is 5.73 Å². The highest BCUT2D eigenvalue weighted by molar-refractivity contribution is 7.86. The van der Waals surface area contributed by atoms with Gasteiger partial charge in [-0.05, 0) is 24.1 Å². The molecular formula is C10H13NO5S. The Hall–Kier alpha value is -1.60. The van der Waals surface area contributed by atoms with Gasteiger partial charge in [0.25, 0.3) is 16.0 Å². The normalized spacial score (nSPS) is 11.2. The SMILES string of the molecule is CCc1ccc(OCC(N)=O)c(S(=O)(=O)O)c1. The van der Waals surface area contributed by atoms with Gasteiger partial charge in [0.05, 0.1) is 0 Å². The Bertz CT molecular complexity index is 523. The molecule has 6 nitrogen and oxygen atoms in total. The Morgan fingerprint density at radius 3 is 2.59 bits per heavy atom. The fourth-order valence-corrected chi connectivity index (χ4v) is 1.92. The minimum atomic E-state index is -4.39. The van der Waals surface area contributed by atoms with Crippen molar-refractivity contribution in [3.05, 3.63) is 23.8 Å². The van der Waals surface area contributed by atoms with Crippen LogP contribution in [0.2, 0.25) is 0 Å². The van der Waals surface area contributed by atoms with Gasteiger partial charge in [-0.1, -0.05) is 13.0 Å².